The fraction of sp³-hybridized carbons (Fsp3) is 0.400. The molecule has 0 saturated carbocycles. The summed E-state index contributed by atoms with van der Waals surface area (Å²) in [4.78, 5) is 20.4. The average molecular weight is 159 g/mol. The maximum absolute atomic E-state index is 10.5. The number of nitrogens with two attached hydrogens (primary N) is 1. The van der Waals surface area contributed by atoms with Gasteiger partial charge in [0.25, 0.3) is 0 Å². The van der Waals surface area contributed by atoms with Gasteiger partial charge in [-0.1, -0.05) is 0 Å². The molecule has 0 bridgehead atoms. The maximum Gasteiger partial charge on any atom is 0.351 e. The number of carbonyl (C=O) groups excluding carboxylic acids is 2. The number of nitrogens with one attached hydrogen (secondary N) is 1. The van der Waals surface area contributed by atoms with Crippen molar-refractivity contribution in [3.63, 3.8) is 0 Å². The third-order valence-corrected chi connectivity index (χ3v) is 0.631. The van der Waals surface area contributed by atoms with Crippen molar-refractivity contribution in [2.45, 2.75) is 6.92 Å². The van der Waals surface area contributed by atoms with E-state index in [1.54, 1.807) is 6.92 Å². The first-order valence-electron chi connectivity index (χ1n) is 2.92. The van der Waals surface area contributed by atoms with E-state index in [-0.39, 0.29) is 6.61 Å². The van der Waals surface area contributed by atoms with Gasteiger partial charge in [-0.25, -0.2) is 15.0 Å². The molecule has 0 aliphatic carbocycles. The Hall–Kier alpha value is -1.59. The number of amides is 2. The molecular formula is C5H9N3O3. The highest BCUT2D eigenvalue weighted by Gasteiger charge is 1.93. The monoisotopic (exact) mass is 159 g/mol. The summed E-state index contributed by atoms with van der Waals surface area (Å²) in [5, 5.41) is 3.17. The van der Waals surface area contributed by atoms with Gasteiger partial charge in [0.05, 0.1) is 6.61 Å². The molecule has 3 N–H and O–H groups in total. The molecule has 0 spiro atoms. The lowest BCUT2D eigenvalue weighted by molar-refractivity contribution is -0.134. The third-order valence-electron chi connectivity index (χ3n) is 0.631. The summed E-state index contributed by atoms with van der Waals surface area (Å²) in [5.74, 6) is -0.624. The van der Waals surface area contributed by atoms with Gasteiger partial charge in [0.15, 0.2) is 0 Å². The van der Waals surface area contributed by atoms with E-state index in [1.165, 1.54) is 0 Å². The van der Waals surface area contributed by atoms with Crippen LogP contribution in [-0.4, -0.2) is 24.8 Å². The zero-order valence-electron chi connectivity index (χ0n) is 6.03. The highest BCUT2D eigenvalue weighted by molar-refractivity contribution is 6.23. The number of esters is 1. The second-order valence-corrected chi connectivity index (χ2v) is 1.49. The molecule has 0 rings (SSSR count). The topological polar surface area (TPSA) is 93.8 Å². The fourth-order valence-corrected chi connectivity index (χ4v) is 0.328. The number of hydrazone groups is 1. The van der Waals surface area contributed by atoms with E-state index in [0.29, 0.717) is 0 Å². The minimum atomic E-state index is -0.828. The Balaban J connectivity index is 3.56. The van der Waals surface area contributed by atoms with Crippen molar-refractivity contribution in [3.8, 4) is 0 Å². The molecule has 0 aliphatic rings. The number of nitrogens with zero attached hydrogens (tertiary/aromatic N) is 1. The molecule has 0 unspecified atom stereocenters. The number of primary amides is 1. The lowest BCUT2D eigenvalue weighted by Gasteiger charge is -1.93. The van der Waals surface area contributed by atoms with Crippen molar-refractivity contribution in [2.24, 2.45) is 10.8 Å². The van der Waals surface area contributed by atoms with Gasteiger partial charge in [-0.05, 0) is 6.92 Å². The maximum atomic E-state index is 10.5. The minimum absolute atomic E-state index is 0.265. The highest BCUT2D eigenvalue weighted by Crippen LogP contribution is 1.71. The highest BCUT2D eigenvalue weighted by atomic mass is 16.5. The molecule has 0 aliphatic heterocycles. The van der Waals surface area contributed by atoms with E-state index in [2.05, 4.69) is 15.6 Å². The first-order chi connectivity index (χ1) is 5.16. The van der Waals surface area contributed by atoms with Crippen molar-refractivity contribution >= 4 is 18.2 Å². The molecule has 11 heavy (non-hydrogen) atoms. The summed E-state index contributed by atoms with van der Waals surface area (Å²) in [7, 11) is 0. The number of urea groups is 1. The average Bonchev–Trinajstić information content (AvgIpc) is 1.87. The first kappa shape index (κ1) is 9.41. The zero-order valence-corrected chi connectivity index (χ0v) is 6.03. The van der Waals surface area contributed by atoms with Crippen LogP contribution in [-0.2, 0) is 9.53 Å². The summed E-state index contributed by atoms with van der Waals surface area (Å²) < 4.78 is 4.44. The van der Waals surface area contributed by atoms with Gasteiger partial charge >= 0.3 is 12.0 Å². The number of carbonyl (C=O) groups is 2. The molecule has 6 heteroatoms. The third kappa shape index (κ3) is 6.29. The van der Waals surface area contributed by atoms with E-state index in [0.717, 1.165) is 6.21 Å². The molecule has 0 aromatic carbocycles. The van der Waals surface area contributed by atoms with Crippen LogP contribution in [0.4, 0.5) is 4.79 Å². The van der Waals surface area contributed by atoms with Crippen molar-refractivity contribution in [1.29, 1.82) is 0 Å². The van der Waals surface area contributed by atoms with Gasteiger partial charge in [-0.3, -0.25) is 0 Å². The van der Waals surface area contributed by atoms with Gasteiger partial charge < -0.3 is 10.5 Å². The smallest absolute Gasteiger partial charge is 0.351 e. The van der Waals surface area contributed by atoms with Crippen LogP contribution in [0.3, 0.4) is 0 Å². The Morgan fingerprint density at radius 2 is 2.36 bits per heavy atom. The van der Waals surface area contributed by atoms with Crippen molar-refractivity contribution in [2.75, 3.05) is 6.61 Å². The van der Waals surface area contributed by atoms with Crippen LogP contribution in [0.2, 0.25) is 0 Å². The molecular weight excluding hydrogens is 150 g/mol. The molecule has 62 valence electrons. The van der Waals surface area contributed by atoms with Gasteiger partial charge in [-0.2, -0.15) is 5.10 Å². The summed E-state index contributed by atoms with van der Waals surface area (Å²) in [6.45, 7) is 1.93. The second-order valence-electron chi connectivity index (χ2n) is 1.49. The SMILES string of the molecule is CCOC(=O)/C=N/NC(N)=O. The predicted molar refractivity (Wildman–Crippen MR) is 37.8 cm³/mol. The largest absolute Gasteiger partial charge is 0.462 e. The van der Waals surface area contributed by atoms with Crippen molar-refractivity contribution in [3.05, 3.63) is 0 Å². The van der Waals surface area contributed by atoms with Crippen LogP contribution in [0, 0.1) is 0 Å². The van der Waals surface area contributed by atoms with Gasteiger partial charge in [0, 0.05) is 0 Å². The number of rotatable bonds is 3. The van der Waals surface area contributed by atoms with Crippen LogP contribution in [0.5, 0.6) is 0 Å². The second kappa shape index (κ2) is 5.21. The summed E-state index contributed by atoms with van der Waals surface area (Å²) >= 11 is 0. The molecule has 0 atom stereocenters. The zero-order chi connectivity index (χ0) is 8.69. The molecule has 0 aromatic rings. The predicted octanol–water partition coefficient (Wildman–Crippen LogP) is -0.796. The van der Waals surface area contributed by atoms with Crippen LogP contribution >= 0.6 is 0 Å². The molecule has 0 heterocycles. The van der Waals surface area contributed by atoms with Gasteiger partial charge in [0.1, 0.15) is 6.21 Å². The molecule has 0 radical (unpaired) electrons. The normalized spacial score (nSPS) is 9.55. The number of ether oxygens (including phenoxy) is 1. The summed E-state index contributed by atoms with van der Waals surface area (Å²) in [6, 6.07) is -0.828. The molecule has 0 aromatic heterocycles. The van der Waals surface area contributed by atoms with Crippen LogP contribution in [0.1, 0.15) is 6.92 Å². The van der Waals surface area contributed by atoms with Gasteiger partial charge in [0.2, 0.25) is 0 Å². The lowest BCUT2D eigenvalue weighted by atomic mass is 10.7. The summed E-state index contributed by atoms with van der Waals surface area (Å²) in [6.07, 6.45) is 0.828. The molecule has 0 saturated heterocycles. The Kier molecular flexibility index (Phi) is 4.46. The van der Waals surface area contributed by atoms with Gasteiger partial charge in [-0.15, -0.1) is 0 Å². The fourth-order valence-electron chi connectivity index (χ4n) is 0.328. The van der Waals surface area contributed by atoms with Crippen molar-refractivity contribution < 1.29 is 14.3 Å². The quantitative estimate of drug-likeness (QED) is 0.321. The minimum Gasteiger partial charge on any atom is -0.462 e. The number of hydrogen-bond acceptors (Lipinski definition) is 4. The van der Waals surface area contributed by atoms with E-state index < -0.39 is 12.0 Å². The van der Waals surface area contributed by atoms with Crippen LogP contribution < -0.4 is 11.2 Å². The van der Waals surface area contributed by atoms with E-state index in [9.17, 15) is 9.59 Å². The number of hydrogen-bond donors (Lipinski definition) is 2. The molecule has 6 nitrogen and oxygen atoms in total. The summed E-state index contributed by atoms with van der Waals surface area (Å²) in [5.41, 5.74) is 6.48. The molecule has 2 amide bonds. The van der Waals surface area contributed by atoms with Crippen molar-refractivity contribution in [1.82, 2.24) is 5.43 Å². The Labute approximate surface area is 63.4 Å². The van der Waals surface area contributed by atoms with E-state index >= 15 is 0 Å². The molecule has 0 fully saturated rings. The Morgan fingerprint density at radius 3 is 2.82 bits per heavy atom. The Morgan fingerprint density at radius 1 is 1.73 bits per heavy atom. The van der Waals surface area contributed by atoms with Crippen LogP contribution in [0.15, 0.2) is 5.10 Å². The Bertz CT molecular complexity index is 178. The standard InChI is InChI=1S/C5H9N3O3/c1-2-11-4(9)3-7-8-5(6)10/h3H,2H2,1H3,(H3,6,8,10)/b7-3+. The first-order valence-corrected chi connectivity index (χ1v) is 2.92. The van der Waals surface area contributed by atoms with E-state index in [4.69, 9.17) is 0 Å². The van der Waals surface area contributed by atoms with E-state index in [1.807, 2.05) is 5.43 Å². The lowest BCUT2D eigenvalue weighted by Crippen LogP contribution is -2.25. The van der Waals surface area contributed by atoms with Crippen LogP contribution in [0.25, 0.3) is 0 Å².